The normalized spacial score (nSPS) is 12.8. The van der Waals surface area contributed by atoms with Crippen LogP contribution in [0.5, 0.6) is 0 Å². The van der Waals surface area contributed by atoms with Gasteiger partial charge in [-0.3, -0.25) is 0 Å². The number of quaternary nitrogens is 1. The third-order valence-corrected chi connectivity index (χ3v) is 7.18. The van der Waals surface area contributed by atoms with E-state index >= 15 is 0 Å². The molecule has 134 valence electrons. The maximum Gasteiger partial charge on any atom is 0.501 e. The van der Waals surface area contributed by atoms with E-state index in [0.717, 1.165) is 30.0 Å². The summed E-state index contributed by atoms with van der Waals surface area (Å²) >= 11 is 0. The highest BCUT2D eigenvalue weighted by Crippen LogP contribution is 2.20. The average Bonchev–Trinajstić information content (AvgIpc) is 2.48. The molecular formula is C15H36NO5Si+. The lowest BCUT2D eigenvalue weighted by Gasteiger charge is -2.38. The molecule has 0 fully saturated rings. The number of hydrogen-bond donors (Lipinski definition) is 2. The molecule has 0 aliphatic heterocycles. The number of aliphatic hydroxyl groups excluding tert-OH is 2. The number of nitrogens with zero attached hydrogens (tertiary/aromatic N) is 1. The second-order valence-corrected chi connectivity index (χ2v) is 8.09. The Bertz CT molecular complexity index is 245. The van der Waals surface area contributed by atoms with Crippen LogP contribution in [0.4, 0.5) is 0 Å². The quantitative estimate of drug-likeness (QED) is 0.347. The molecule has 0 radical (unpaired) electrons. The first-order valence-corrected chi connectivity index (χ1v) is 10.5. The zero-order chi connectivity index (χ0) is 16.9. The standard InChI is InChI=1S/C15H36NO5Si/c1-5-16(11-13-17,12-14-18)10-9-15-22(19-6-2,20-7-3)21-8-4/h17-18H,5-15H2,1-4H3/q+1. The molecule has 0 spiro atoms. The topological polar surface area (TPSA) is 68.2 Å². The average molecular weight is 339 g/mol. The summed E-state index contributed by atoms with van der Waals surface area (Å²) in [5, 5.41) is 18.6. The van der Waals surface area contributed by atoms with Crippen molar-refractivity contribution in [2.24, 2.45) is 0 Å². The van der Waals surface area contributed by atoms with Crippen LogP contribution in [0.1, 0.15) is 34.1 Å². The molecule has 0 saturated heterocycles. The molecule has 0 saturated carbocycles. The molecular weight excluding hydrogens is 302 g/mol. The highest BCUT2D eigenvalue weighted by atomic mass is 28.4. The third kappa shape index (κ3) is 7.50. The summed E-state index contributed by atoms with van der Waals surface area (Å²) in [6, 6.07) is 0.777. The predicted molar refractivity (Wildman–Crippen MR) is 89.6 cm³/mol. The van der Waals surface area contributed by atoms with Crippen molar-refractivity contribution in [1.29, 1.82) is 0 Å². The van der Waals surface area contributed by atoms with Crippen LogP contribution in [0.2, 0.25) is 6.04 Å². The van der Waals surface area contributed by atoms with Crippen molar-refractivity contribution >= 4 is 8.80 Å². The van der Waals surface area contributed by atoms with Gasteiger partial charge < -0.3 is 28.0 Å². The Kier molecular flexibility index (Phi) is 12.4. The highest BCUT2D eigenvalue weighted by Gasteiger charge is 2.40. The first-order valence-electron chi connectivity index (χ1n) is 8.56. The fourth-order valence-electron chi connectivity index (χ4n) is 2.87. The van der Waals surface area contributed by atoms with Crippen LogP contribution in [0.15, 0.2) is 0 Å². The van der Waals surface area contributed by atoms with Crippen LogP contribution in [0.3, 0.4) is 0 Å². The lowest BCUT2D eigenvalue weighted by Crippen LogP contribution is -2.53. The minimum Gasteiger partial charge on any atom is -0.391 e. The molecule has 22 heavy (non-hydrogen) atoms. The Morgan fingerprint density at radius 1 is 0.773 bits per heavy atom. The SMILES string of the molecule is CCO[Si](CCC[N+](CC)(CCO)CCO)(OCC)OCC. The van der Waals surface area contributed by atoms with Gasteiger partial charge in [0.05, 0.1) is 26.3 Å². The first kappa shape index (κ1) is 22.0. The Labute approximate surface area is 136 Å². The largest absolute Gasteiger partial charge is 0.501 e. The minimum atomic E-state index is -2.59. The summed E-state index contributed by atoms with van der Waals surface area (Å²) in [7, 11) is -2.59. The van der Waals surface area contributed by atoms with Gasteiger partial charge in [0.25, 0.3) is 0 Å². The van der Waals surface area contributed by atoms with E-state index in [9.17, 15) is 10.2 Å². The Morgan fingerprint density at radius 2 is 1.23 bits per heavy atom. The van der Waals surface area contributed by atoms with Gasteiger partial charge in [-0.2, -0.15) is 0 Å². The molecule has 0 aliphatic rings. The summed E-state index contributed by atoms with van der Waals surface area (Å²) in [6.07, 6.45) is 0.903. The predicted octanol–water partition coefficient (Wildman–Crippen LogP) is 1.25. The van der Waals surface area contributed by atoms with Gasteiger partial charge in [0.15, 0.2) is 0 Å². The third-order valence-electron chi connectivity index (χ3n) is 4.03. The van der Waals surface area contributed by atoms with Crippen molar-refractivity contribution in [2.45, 2.75) is 40.2 Å². The maximum atomic E-state index is 9.31. The molecule has 0 aromatic carbocycles. The van der Waals surface area contributed by atoms with E-state index in [-0.39, 0.29) is 13.2 Å². The molecule has 0 heterocycles. The first-order chi connectivity index (χ1) is 10.6. The summed E-state index contributed by atoms with van der Waals surface area (Å²) in [5.41, 5.74) is 0. The van der Waals surface area contributed by atoms with Crippen molar-refractivity contribution in [3.8, 4) is 0 Å². The molecule has 0 aromatic rings. The number of hydrogen-bond acceptors (Lipinski definition) is 5. The van der Waals surface area contributed by atoms with Crippen LogP contribution >= 0.6 is 0 Å². The molecule has 0 aliphatic carbocycles. The zero-order valence-electron chi connectivity index (χ0n) is 14.8. The fourth-order valence-corrected chi connectivity index (χ4v) is 5.46. The van der Waals surface area contributed by atoms with E-state index in [0.29, 0.717) is 32.9 Å². The van der Waals surface area contributed by atoms with Gasteiger partial charge in [0, 0.05) is 32.3 Å². The van der Waals surface area contributed by atoms with Crippen molar-refractivity contribution in [3.05, 3.63) is 0 Å². The molecule has 0 atom stereocenters. The maximum absolute atomic E-state index is 9.31. The van der Waals surface area contributed by atoms with E-state index in [1.54, 1.807) is 0 Å². The van der Waals surface area contributed by atoms with E-state index in [4.69, 9.17) is 13.3 Å². The molecule has 0 bridgehead atoms. The van der Waals surface area contributed by atoms with Crippen LogP contribution in [-0.4, -0.2) is 82.7 Å². The number of aliphatic hydroxyl groups is 2. The van der Waals surface area contributed by atoms with Gasteiger partial charge in [-0.05, 0) is 27.7 Å². The summed E-state index contributed by atoms with van der Waals surface area (Å²) in [5.74, 6) is 0. The summed E-state index contributed by atoms with van der Waals surface area (Å²) in [6.45, 7) is 13.2. The second kappa shape index (κ2) is 12.4. The van der Waals surface area contributed by atoms with Gasteiger partial charge in [-0.1, -0.05) is 0 Å². The Hall–Kier alpha value is -0.0231. The van der Waals surface area contributed by atoms with Crippen LogP contribution < -0.4 is 0 Å². The second-order valence-electron chi connectivity index (χ2n) is 5.36. The van der Waals surface area contributed by atoms with Crippen molar-refractivity contribution in [2.75, 3.05) is 59.2 Å². The van der Waals surface area contributed by atoms with E-state index in [1.807, 2.05) is 20.8 Å². The molecule has 7 heteroatoms. The van der Waals surface area contributed by atoms with Crippen LogP contribution in [0.25, 0.3) is 0 Å². The molecule has 2 N–H and O–H groups in total. The van der Waals surface area contributed by atoms with Gasteiger partial charge in [-0.25, -0.2) is 0 Å². The molecule has 0 rings (SSSR count). The van der Waals surface area contributed by atoms with Gasteiger partial charge in [0.1, 0.15) is 13.1 Å². The monoisotopic (exact) mass is 338 g/mol. The summed E-state index contributed by atoms with van der Waals surface area (Å²) < 4.78 is 18.3. The smallest absolute Gasteiger partial charge is 0.391 e. The van der Waals surface area contributed by atoms with Gasteiger partial charge in [0.2, 0.25) is 0 Å². The Balaban J connectivity index is 4.72. The van der Waals surface area contributed by atoms with E-state index in [2.05, 4.69) is 6.92 Å². The number of likely N-dealkylation sites (N-methyl/N-ethyl adjacent to an activating group) is 1. The minimum absolute atomic E-state index is 0.138. The lowest BCUT2D eigenvalue weighted by molar-refractivity contribution is -0.927. The van der Waals surface area contributed by atoms with Crippen molar-refractivity contribution in [3.63, 3.8) is 0 Å². The molecule has 0 amide bonds. The molecule has 0 unspecified atom stereocenters. The number of rotatable bonds is 15. The van der Waals surface area contributed by atoms with Gasteiger partial charge >= 0.3 is 8.80 Å². The Morgan fingerprint density at radius 3 is 1.55 bits per heavy atom. The van der Waals surface area contributed by atoms with E-state index < -0.39 is 8.80 Å². The fraction of sp³-hybridized carbons (Fsp3) is 1.00. The summed E-state index contributed by atoms with van der Waals surface area (Å²) in [4.78, 5) is 0. The van der Waals surface area contributed by atoms with Crippen LogP contribution in [-0.2, 0) is 13.3 Å². The molecule has 6 nitrogen and oxygen atoms in total. The lowest BCUT2D eigenvalue weighted by atomic mass is 10.3. The van der Waals surface area contributed by atoms with Crippen molar-refractivity contribution in [1.82, 2.24) is 0 Å². The van der Waals surface area contributed by atoms with Crippen molar-refractivity contribution < 1.29 is 28.0 Å². The molecule has 0 aromatic heterocycles. The zero-order valence-corrected chi connectivity index (χ0v) is 15.8. The highest BCUT2D eigenvalue weighted by molar-refractivity contribution is 6.60. The van der Waals surface area contributed by atoms with Gasteiger partial charge in [-0.15, -0.1) is 0 Å². The van der Waals surface area contributed by atoms with E-state index in [1.165, 1.54) is 0 Å². The van der Waals surface area contributed by atoms with Crippen LogP contribution in [0, 0.1) is 0 Å².